The summed E-state index contributed by atoms with van der Waals surface area (Å²) in [4.78, 5) is 45.9. The van der Waals surface area contributed by atoms with Crippen LogP contribution in [0.25, 0.3) is 16.7 Å². The first kappa shape index (κ1) is 36.2. The second-order valence-electron chi connectivity index (χ2n) is 13.1. The molecule has 52 heavy (non-hydrogen) atoms. The highest BCUT2D eigenvalue weighted by Gasteiger charge is 2.42. The third-order valence-electron chi connectivity index (χ3n) is 9.80. The number of carbonyl (C=O) groups excluding carboxylic acids is 3. The standard InChI is InChI=1S/C41H42F2N4O5/c1-45(2)29-20-23-46(24-21-29)37(48)26-34-33-12-7-8-14-35(33)47(25-22-41(34,42)43)40(50)27-16-18-28(19-17-27)44-39(49)32-11-6-5-10-30(32)31-13-9-15-36(51-3)38(31)52-4/h5-19,26,29H,20-25H2,1-4H3,(H,44,49)/b34-26-. The molecular formula is C41H42F2N4O5. The molecule has 0 atom stereocenters. The van der Waals surface area contributed by atoms with Gasteiger partial charge < -0.3 is 29.5 Å². The number of halogens is 2. The van der Waals surface area contributed by atoms with Gasteiger partial charge in [-0.1, -0.05) is 48.5 Å². The molecule has 0 aliphatic carbocycles. The van der Waals surface area contributed by atoms with Crippen LogP contribution in [0.4, 0.5) is 20.2 Å². The zero-order valence-electron chi connectivity index (χ0n) is 29.7. The Kier molecular flexibility index (Phi) is 10.7. The quantitative estimate of drug-likeness (QED) is 0.194. The zero-order chi connectivity index (χ0) is 37.0. The molecule has 1 saturated heterocycles. The Bertz CT molecular complexity index is 1990. The van der Waals surface area contributed by atoms with Crippen LogP contribution >= 0.6 is 0 Å². The van der Waals surface area contributed by atoms with E-state index >= 15 is 8.78 Å². The SMILES string of the molecule is COc1cccc(-c2ccccc2C(=O)Nc2ccc(C(=O)N3CCC(F)(F)/C(=C\C(=O)N4CCC(N(C)C)CC4)c4ccccc43)cc2)c1OC. The molecule has 11 heteroatoms. The summed E-state index contributed by atoms with van der Waals surface area (Å²) in [6.45, 7) is 0.720. The molecule has 4 aromatic rings. The van der Waals surface area contributed by atoms with Crippen molar-refractivity contribution < 1.29 is 32.6 Å². The molecule has 3 amide bonds. The van der Waals surface area contributed by atoms with Gasteiger partial charge in [0.05, 0.1) is 19.9 Å². The molecule has 9 nitrogen and oxygen atoms in total. The lowest BCUT2D eigenvalue weighted by Gasteiger charge is -2.35. The van der Waals surface area contributed by atoms with Gasteiger partial charge in [-0.3, -0.25) is 14.4 Å². The highest BCUT2D eigenvalue weighted by atomic mass is 19.3. The van der Waals surface area contributed by atoms with E-state index in [1.165, 1.54) is 18.1 Å². The van der Waals surface area contributed by atoms with Gasteiger partial charge in [0, 0.05) is 71.7 Å². The molecule has 0 spiro atoms. The van der Waals surface area contributed by atoms with Gasteiger partial charge in [-0.25, -0.2) is 8.78 Å². The van der Waals surface area contributed by atoms with Gasteiger partial charge in [0.1, 0.15) is 0 Å². The molecule has 2 heterocycles. The largest absolute Gasteiger partial charge is 0.493 e. The number of anilines is 2. The fourth-order valence-corrected chi connectivity index (χ4v) is 6.92. The normalized spacial score (nSPS) is 16.6. The van der Waals surface area contributed by atoms with Crippen molar-refractivity contribution in [2.45, 2.75) is 31.2 Å². The molecule has 2 aliphatic rings. The minimum atomic E-state index is -3.35. The number of carbonyl (C=O) groups is 3. The van der Waals surface area contributed by atoms with Crippen molar-refractivity contribution in [2.24, 2.45) is 0 Å². The van der Waals surface area contributed by atoms with Crippen LogP contribution in [0, 0.1) is 0 Å². The van der Waals surface area contributed by atoms with Gasteiger partial charge in [0.25, 0.3) is 17.7 Å². The Labute approximate surface area is 302 Å². The number of nitrogens with one attached hydrogen (secondary N) is 1. The summed E-state index contributed by atoms with van der Waals surface area (Å²) in [6.07, 6.45) is 1.95. The highest BCUT2D eigenvalue weighted by molar-refractivity contribution is 6.11. The predicted octanol–water partition coefficient (Wildman–Crippen LogP) is 7.24. The number of amides is 3. The summed E-state index contributed by atoms with van der Waals surface area (Å²) >= 11 is 0. The fraction of sp³-hybridized carbons (Fsp3) is 0.293. The first-order chi connectivity index (χ1) is 25.0. The number of methoxy groups -OCH3 is 2. The number of allylic oxidation sites excluding steroid dienone is 1. The third kappa shape index (κ3) is 7.41. The lowest BCUT2D eigenvalue weighted by Crippen LogP contribution is -2.44. The van der Waals surface area contributed by atoms with E-state index < -0.39 is 24.2 Å². The predicted molar refractivity (Wildman–Crippen MR) is 198 cm³/mol. The highest BCUT2D eigenvalue weighted by Crippen LogP contribution is 2.44. The number of likely N-dealkylation sites (tertiary alicyclic amines) is 1. The average Bonchev–Trinajstić information content (AvgIpc) is 3.27. The maximum absolute atomic E-state index is 15.8. The van der Waals surface area contributed by atoms with Crippen LogP contribution in [-0.4, -0.2) is 87.4 Å². The van der Waals surface area contributed by atoms with Crippen molar-refractivity contribution >= 4 is 34.7 Å². The Hall–Kier alpha value is -5.55. The van der Waals surface area contributed by atoms with E-state index in [2.05, 4.69) is 10.2 Å². The second-order valence-corrected chi connectivity index (χ2v) is 13.1. The van der Waals surface area contributed by atoms with Crippen LogP contribution in [0.2, 0.25) is 0 Å². The monoisotopic (exact) mass is 708 g/mol. The molecule has 1 fully saturated rings. The Morgan fingerprint density at radius 1 is 0.808 bits per heavy atom. The number of benzene rings is 4. The van der Waals surface area contributed by atoms with Crippen LogP contribution in [0.15, 0.2) is 97.1 Å². The maximum atomic E-state index is 15.8. The van der Waals surface area contributed by atoms with Crippen molar-refractivity contribution in [1.29, 1.82) is 0 Å². The van der Waals surface area contributed by atoms with Gasteiger partial charge in [-0.05, 0) is 75.0 Å². The zero-order valence-corrected chi connectivity index (χ0v) is 29.7. The lowest BCUT2D eigenvalue weighted by atomic mass is 9.96. The summed E-state index contributed by atoms with van der Waals surface area (Å²) in [5, 5.41) is 2.89. The minimum Gasteiger partial charge on any atom is -0.493 e. The molecular weight excluding hydrogens is 666 g/mol. The molecule has 6 rings (SSSR count). The van der Waals surface area contributed by atoms with Crippen molar-refractivity contribution in [3.8, 4) is 22.6 Å². The smallest absolute Gasteiger partial charge is 0.275 e. The summed E-state index contributed by atoms with van der Waals surface area (Å²) in [5.74, 6) is -3.63. The molecule has 0 aromatic heterocycles. The molecule has 4 aromatic carbocycles. The van der Waals surface area contributed by atoms with E-state index in [9.17, 15) is 14.4 Å². The van der Waals surface area contributed by atoms with Gasteiger partial charge in [-0.15, -0.1) is 0 Å². The minimum absolute atomic E-state index is 0.144. The van der Waals surface area contributed by atoms with E-state index in [-0.39, 0.29) is 29.2 Å². The number of para-hydroxylation sites is 2. The number of fused-ring (bicyclic) bond motifs is 1. The summed E-state index contributed by atoms with van der Waals surface area (Å²) in [6, 6.07) is 25.7. The first-order valence-electron chi connectivity index (χ1n) is 17.2. The number of nitrogens with zero attached hydrogens (tertiary/aromatic N) is 3. The number of alkyl halides is 2. The Morgan fingerprint density at radius 2 is 1.46 bits per heavy atom. The Morgan fingerprint density at radius 3 is 2.13 bits per heavy atom. The van der Waals surface area contributed by atoms with E-state index in [0.717, 1.165) is 18.9 Å². The molecule has 0 bridgehead atoms. The topological polar surface area (TPSA) is 91.4 Å². The van der Waals surface area contributed by atoms with Gasteiger partial charge in [-0.2, -0.15) is 0 Å². The van der Waals surface area contributed by atoms with Gasteiger partial charge in [0.15, 0.2) is 11.5 Å². The average molecular weight is 709 g/mol. The van der Waals surface area contributed by atoms with Crippen molar-refractivity contribution in [3.63, 3.8) is 0 Å². The lowest BCUT2D eigenvalue weighted by molar-refractivity contribution is -0.127. The maximum Gasteiger partial charge on any atom is 0.275 e. The summed E-state index contributed by atoms with van der Waals surface area (Å²) in [5.41, 5.74) is 2.48. The molecule has 270 valence electrons. The van der Waals surface area contributed by atoms with Crippen molar-refractivity contribution in [2.75, 3.05) is 58.2 Å². The van der Waals surface area contributed by atoms with Gasteiger partial charge in [0.2, 0.25) is 5.91 Å². The summed E-state index contributed by atoms with van der Waals surface area (Å²) in [7, 11) is 7.08. The first-order valence-corrected chi connectivity index (χ1v) is 17.2. The molecule has 0 radical (unpaired) electrons. The van der Waals surface area contributed by atoms with Crippen LogP contribution in [0.3, 0.4) is 0 Å². The van der Waals surface area contributed by atoms with Crippen LogP contribution < -0.4 is 19.7 Å². The number of rotatable bonds is 8. The number of hydrogen-bond donors (Lipinski definition) is 1. The van der Waals surface area contributed by atoms with Crippen LogP contribution in [0.1, 0.15) is 45.5 Å². The van der Waals surface area contributed by atoms with E-state index in [1.54, 1.807) is 72.7 Å². The van der Waals surface area contributed by atoms with Gasteiger partial charge >= 0.3 is 0 Å². The summed E-state index contributed by atoms with van der Waals surface area (Å²) < 4.78 is 42.7. The molecule has 0 saturated carbocycles. The Balaban J connectivity index is 1.22. The van der Waals surface area contributed by atoms with Crippen molar-refractivity contribution in [1.82, 2.24) is 9.80 Å². The number of hydrogen-bond acceptors (Lipinski definition) is 6. The van der Waals surface area contributed by atoms with E-state index in [1.807, 2.05) is 38.4 Å². The second kappa shape index (κ2) is 15.4. The molecule has 1 N–H and O–H groups in total. The van der Waals surface area contributed by atoms with E-state index in [4.69, 9.17) is 9.47 Å². The van der Waals surface area contributed by atoms with E-state index in [0.29, 0.717) is 58.7 Å². The molecule has 2 aliphatic heterocycles. The fourth-order valence-electron chi connectivity index (χ4n) is 6.92. The van der Waals surface area contributed by atoms with Crippen LogP contribution in [-0.2, 0) is 4.79 Å². The molecule has 0 unspecified atom stereocenters. The number of piperidine rings is 1. The van der Waals surface area contributed by atoms with Crippen LogP contribution in [0.5, 0.6) is 11.5 Å². The number of ether oxygens (including phenoxy) is 2. The third-order valence-corrected chi connectivity index (χ3v) is 9.80. The van der Waals surface area contributed by atoms with Crippen molar-refractivity contribution in [3.05, 3.63) is 114 Å².